The summed E-state index contributed by atoms with van der Waals surface area (Å²) in [6.45, 7) is 4.34. The molecule has 2 rings (SSSR count). The molecule has 1 aromatic carbocycles. The lowest BCUT2D eigenvalue weighted by Crippen LogP contribution is -2.10. The van der Waals surface area contributed by atoms with E-state index in [-0.39, 0.29) is 6.04 Å². The van der Waals surface area contributed by atoms with E-state index in [4.69, 9.17) is 5.73 Å². The van der Waals surface area contributed by atoms with Crippen molar-refractivity contribution >= 4 is 10.9 Å². The Kier molecular flexibility index (Phi) is 3.85. The molecule has 1 heterocycles. The van der Waals surface area contributed by atoms with Gasteiger partial charge in [0.25, 0.3) is 0 Å². The second-order valence-corrected chi connectivity index (χ2v) is 4.81. The average Bonchev–Trinajstić information content (AvgIpc) is 2.65. The molecular weight excluding hydrogens is 208 g/mol. The molecule has 17 heavy (non-hydrogen) atoms. The predicted octanol–water partition coefficient (Wildman–Crippen LogP) is 4.06. The van der Waals surface area contributed by atoms with Crippen LogP contribution in [0.15, 0.2) is 24.3 Å². The molecule has 2 heteroatoms. The third kappa shape index (κ3) is 2.52. The number of aromatic amines is 1. The number of aromatic nitrogens is 1. The summed E-state index contributed by atoms with van der Waals surface area (Å²) in [5.41, 5.74) is 10.0. The highest BCUT2D eigenvalue weighted by Gasteiger charge is 2.14. The van der Waals surface area contributed by atoms with Crippen molar-refractivity contribution in [3.63, 3.8) is 0 Å². The Morgan fingerprint density at radius 2 is 2.00 bits per heavy atom. The molecule has 0 aliphatic heterocycles. The maximum atomic E-state index is 6.33. The van der Waals surface area contributed by atoms with Crippen LogP contribution in [0.3, 0.4) is 0 Å². The van der Waals surface area contributed by atoms with Crippen LogP contribution in [0.2, 0.25) is 0 Å². The van der Waals surface area contributed by atoms with Crippen molar-refractivity contribution in [1.29, 1.82) is 0 Å². The van der Waals surface area contributed by atoms with Crippen molar-refractivity contribution in [3.8, 4) is 0 Å². The van der Waals surface area contributed by atoms with Gasteiger partial charge in [-0.15, -0.1) is 0 Å². The van der Waals surface area contributed by atoms with E-state index < -0.39 is 0 Å². The molecule has 0 bridgehead atoms. The molecule has 2 aromatic rings. The number of hydrogen-bond donors (Lipinski definition) is 2. The zero-order valence-corrected chi connectivity index (χ0v) is 10.8. The molecule has 0 fully saturated rings. The van der Waals surface area contributed by atoms with Gasteiger partial charge in [0, 0.05) is 22.6 Å². The first-order chi connectivity index (χ1) is 8.24. The number of rotatable bonds is 5. The minimum atomic E-state index is 0.165. The normalized spacial score (nSPS) is 13.1. The molecule has 1 aromatic heterocycles. The summed E-state index contributed by atoms with van der Waals surface area (Å²) >= 11 is 0. The lowest BCUT2D eigenvalue weighted by atomic mass is 9.98. The molecule has 3 N–H and O–H groups in total. The summed E-state index contributed by atoms with van der Waals surface area (Å²) in [6.07, 6.45) is 4.82. The van der Waals surface area contributed by atoms with E-state index in [9.17, 15) is 0 Å². The van der Waals surface area contributed by atoms with Gasteiger partial charge in [-0.2, -0.15) is 0 Å². The monoisotopic (exact) mass is 230 g/mol. The van der Waals surface area contributed by atoms with Gasteiger partial charge in [-0.3, -0.25) is 0 Å². The summed E-state index contributed by atoms with van der Waals surface area (Å²) in [5.74, 6) is 0. The average molecular weight is 230 g/mol. The second kappa shape index (κ2) is 5.37. The third-order valence-electron chi connectivity index (χ3n) is 3.43. The van der Waals surface area contributed by atoms with Gasteiger partial charge in [0.2, 0.25) is 0 Å². The number of hydrogen-bond acceptors (Lipinski definition) is 1. The molecule has 1 atom stereocenters. The van der Waals surface area contributed by atoms with Crippen LogP contribution in [0.25, 0.3) is 10.9 Å². The van der Waals surface area contributed by atoms with Gasteiger partial charge < -0.3 is 10.7 Å². The van der Waals surface area contributed by atoms with Crippen LogP contribution >= 0.6 is 0 Å². The smallest absolute Gasteiger partial charge is 0.0459 e. The fraction of sp³-hybridized carbons (Fsp3) is 0.467. The van der Waals surface area contributed by atoms with Crippen LogP contribution in [-0.2, 0) is 0 Å². The molecule has 0 radical (unpaired) electrons. The topological polar surface area (TPSA) is 41.8 Å². The maximum Gasteiger partial charge on any atom is 0.0459 e. The van der Waals surface area contributed by atoms with Crippen molar-refractivity contribution in [2.24, 2.45) is 5.73 Å². The number of nitrogens with two attached hydrogens (primary N) is 1. The van der Waals surface area contributed by atoms with Crippen molar-refractivity contribution in [2.75, 3.05) is 0 Å². The van der Waals surface area contributed by atoms with Crippen LogP contribution in [0, 0.1) is 6.92 Å². The lowest BCUT2D eigenvalue weighted by molar-refractivity contribution is 0.582. The molecule has 0 aliphatic carbocycles. The van der Waals surface area contributed by atoms with Gasteiger partial charge in [0.1, 0.15) is 0 Å². The van der Waals surface area contributed by atoms with Crippen molar-refractivity contribution in [1.82, 2.24) is 4.98 Å². The number of unbranched alkanes of at least 4 members (excludes halogenated alkanes) is 2. The fourth-order valence-electron chi connectivity index (χ4n) is 2.53. The molecule has 2 nitrogen and oxygen atoms in total. The first-order valence-corrected chi connectivity index (χ1v) is 6.56. The number of aryl methyl sites for hydroxylation is 1. The van der Waals surface area contributed by atoms with Gasteiger partial charge in [-0.05, 0) is 25.0 Å². The molecule has 0 aliphatic rings. The zero-order chi connectivity index (χ0) is 12.3. The van der Waals surface area contributed by atoms with E-state index in [0.717, 1.165) is 6.42 Å². The number of H-pyrrole nitrogens is 1. The van der Waals surface area contributed by atoms with E-state index in [1.54, 1.807) is 0 Å². The summed E-state index contributed by atoms with van der Waals surface area (Å²) in [6, 6.07) is 8.58. The first kappa shape index (κ1) is 12.2. The molecule has 0 spiro atoms. The van der Waals surface area contributed by atoms with E-state index in [2.05, 4.69) is 43.1 Å². The molecule has 0 unspecified atom stereocenters. The molecular formula is C15H22N2. The highest BCUT2D eigenvalue weighted by Crippen LogP contribution is 2.29. The van der Waals surface area contributed by atoms with E-state index >= 15 is 0 Å². The van der Waals surface area contributed by atoms with Crippen LogP contribution in [0.4, 0.5) is 0 Å². The maximum absolute atomic E-state index is 6.33. The van der Waals surface area contributed by atoms with Crippen LogP contribution in [0.5, 0.6) is 0 Å². The van der Waals surface area contributed by atoms with Gasteiger partial charge >= 0.3 is 0 Å². The second-order valence-electron chi connectivity index (χ2n) is 4.81. The summed E-state index contributed by atoms with van der Waals surface area (Å²) < 4.78 is 0. The highest BCUT2D eigenvalue weighted by atomic mass is 14.7. The van der Waals surface area contributed by atoms with Gasteiger partial charge in [-0.1, -0.05) is 44.4 Å². The fourth-order valence-corrected chi connectivity index (χ4v) is 2.53. The van der Waals surface area contributed by atoms with Crippen molar-refractivity contribution < 1.29 is 0 Å². The number of benzene rings is 1. The minimum absolute atomic E-state index is 0.165. The number of nitrogens with one attached hydrogen (secondary N) is 1. The summed E-state index contributed by atoms with van der Waals surface area (Å²) in [7, 11) is 0. The molecule has 0 amide bonds. The minimum Gasteiger partial charge on any atom is -0.358 e. The van der Waals surface area contributed by atoms with Gasteiger partial charge in [-0.25, -0.2) is 0 Å². The van der Waals surface area contributed by atoms with Crippen molar-refractivity contribution in [3.05, 3.63) is 35.5 Å². The zero-order valence-electron chi connectivity index (χ0n) is 10.8. The Labute approximate surface area is 103 Å². The Morgan fingerprint density at radius 3 is 2.76 bits per heavy atom. The van der Waals surface area contributed by atoms with Crippen LogP contribution in [-0.4, -0.2) is 4.98 Å². The number of fused-ring (bicyclic) bond motifs is 1. The highest BCUT2D eigenvalue weighted by molar-refractivity contribution is 5.85. The Balaban J connectivity index is 2.24. The third-order valence-corrected chi connectivity index (χ3v) is 3.43. The molecule has 92 valence electrons. The van der Waals surface area contributed by atoms with Crippen molar-refractivity contribution in [2.45, 2.75) is 45.6 Å². The summed E-state index contributed by atoms with van der Waals surface area (Å²) in [5, 5.41) is 1.29. The Morgan fingerprint density at radius 1 is 1.24 bits per heavy atom. The SMILES string of the molecule is CCCCC[C@@H](N)c1c(C)[nH]c2ccccc12. The van der Waals surface area contributed by atoms with Crippen LogP contribution in [0.1, 0.15) is 49.9 Å². The Bertz CT molecular complexity index is 485. The van der Waals surface area contributed by atoms with Gasteiger partial charge in [0.15, 0.2) is 0 Å². The molecule has 0 saturated carbocycles. The Hall–Kier alpha value is -1.28. The predicted molar refractivity (Wildman–Crippen MR) is 74.1 cm³/mol. The molecule has 0 saturated heterocycles. The van der Waals surface area contributed by atoms with E-state index in [1.165, 1.54) is 41.4 Å². The summed E-state index contributed by atoms with van der Waals surface area (Å²) in [4.78, 5) is 3.42. The largest absolute Gasteiger partial charge is 0.358 e. The van der Waals surface area contributed by atoms with Crippen LogP contribution < -0.4 is 5.73 Å². The first-order valence-electron chi connectivity index (χ1n) is 6.56. The van der Waals surface area contributed by atoms with Gasteiger partial charge in [0.05, 0.1) is 0 Å². The standard InChI is InChI=1S/C15H22N2/c1-3-4-5-9-13(16)15-11(2)17-14-10-7-6-8-12(14)15/h6-8,10,13,17H,3-5,9,16H2,1-2H3/t13-/m1/s1. The number of para-hydroxylation sites is 1. The van der Waals surface area contributed by atoms with E-state index in [1.807, 2.05) is 0 Å². The van der Waals surface area contributed by atoms with E-state index in [0.29, 0.717) is 0 Å². The lowest BCUT2D eigenvalue weighted by Gasteiger charge is -2.12. The quantitative estimate of drug-likeness (QED) is 0.747.